The van der Waals surface area contributed by atoms with Crippen LogP contribution in [0.15, 0.2) is 72.8 Å². The Morgan fingerprint density at radius 3 is 1.30 bits per heavy atom. The summed E-state index contributed by atoms with van der Waals surface area (Å²) < 4.78 is 24.0. The van der Waals surface area contributed by atoms with Gasteiger partial charge >= 0.3 is 0 Å². The van der Waals surface area contributed by atoms with Crippen LogP contribution < -0.4 is 32.3 Å². The first-order valence-corrected chi connectivity index (χ1v) is 32.4. The van der Waals surface area contributed by atoms with Crippen LogP contribution >= 0.6 is 79.5 Å². The fourth-order valence-corrected chi connectivity index (χ4v) is 7.96. The lowest BCUT2D eigenvalue weighted by molar-refractivity contribution is -0.125. The number of halogens is 6. The molecule has 0 bridgehead atoms. The Kier molecular flexibility index (Phi) is 26.6. The maximum Gasteiger partial charge on any atom is 0.269 e. The quantitative estimate of drug-likeness (QED) is 0.0241. The largest absolute Gasteiger partial charge is 0.412 e. The van der Waals surface area contributed by atoms with Gasteiger partial charge in [0.05, 0.1) is 43.9 Å². The highest BCUT2D eigenvalue weighted by atomic mass is 127. The number of hydrazine groups is 2. The van der Waals surface area contributed by atoms with Crippen molar-refractivity contribution in [3.63, 3.8) is 0 Å². The van der Waals surface area contributed by atoms with Gasteiger partial charge < -0.3 is 20.2 Å². The Balaban J connectivity index is 0.000000624. The van der Waals surface area contributed by atoms with Gasteiger partial charge in [-0.05, 0) is 168 Å². The number of hydrogen-bond donors (Lipinski definition) is 7. The molecule has 73 heavy (non-hydrogen) atoms. The number of benzene rings is 4. The van der Waals surface area contributed by atoms with Crippen molar-refractivity contribution in [1.29, 1.82) is 0 Å². The van der Waals surface area contributed by atoms with E-state index in [0.717, 1.165) is 7.14 Å². The van der Waals surface area contributed by atoms with E-state index in [4.69, 9.17) is 53.2 Å². The molecule has 0 saturated heterocycles. The molecular formula is C51H68Cl3FI2N8O6Si2. The first-order valence-electron chi connectivity index (χ1n) is 23.3. The second-order valence-electron chi connectivity index (χ2n) is 19.6. The third kappa shape index (κ3) is 20.9. The summed E-state index contributed by atoms with van der Waals surface area (Å²) in [6.07, 6.45) is -1.58. The van der Waals surface area contributed by atoms with Crippen LogP contribution in [0, 0.1) is 34.1 Å². The van der Waals surface area contributed by atoms with Crippen LogP contribution in [0.25, 0.3) is 9.69 Å². The topological polar surface area (TPSA) is 179 Å². The van der Waals surface area contributed by atoms with E-state index in [9.17, 15) is 28.7 Å². The standard InChI is InChI=1S/C25H32ClIN4O3Si.C19H18ClIN4O3.C6H15ClSi.CH3F/c1-15-19(13-14-20(28-6)21(15)26)29-22(16(2)34-35(7,8)25(3,4)5)24(33)31-30-23(32)17-9-11-18(27)12-10-17;1-10-14(8-9-15(22-3)16(10)20)23-17(11(2)26)19(28)25-24-18(27)12-4-6-13(21)7-5-12;1-6(2,3)8(4,5)7;1-2/h9-14,16,22,29H,1-5,7-8H3,(H,30,32)(H,31,33);4-9,11,17,23,26H,1-2H3,(H,24,27)(H,25,28);1-5H3;1H3/t16-,22+;11-,17+;;/m00../s1/i;;;1D. The molecule has 4 aromatic rings. The number of rotatable bonds is 12. The smallest absolute Gasteiger partial charge is 0.269 e. The third-order valence-corrected chi connectivity index (χ3v) is 24.2. The van der Waals surface area contributed by atoms with Crippen molar-refractivity contribution in [3.8, 4) is 0 Å². The van der Waals surface area contributed by atoms with Gasteiger partial charge in [0.25, 0.3) is 23.6 Å². The number of alkyl halides is 1. The summed E-state index contributed by atoms with van der Waals surface area (Å²) >= 11 is 22.9. The average Bonchev–Trinajstić information content (AvgIpc) is 3.30. The molecule has 4 rings (SSSR count). The van der Waals surface area contributed by atoms with E-state index in [1.807, 2.05) is 19.1 Å². The predicted molar refractivity (Wildman–Crippen MR) is 319 cm³/mol. The SMILES string of the molecule is CC(C)(C)[Si](C)(C)Cl.[2H]CF.[C-]#[N+]c1ccc(N[C@@H](C(=O)NNC(=O)c2ccc(I)cc2)[C@H](C)O)c(C)c1Cl.[C-]#[N+]c1ccc(N[C@@H](C(=O)NNC(=O)c2ccc(I)cc2)[C@H](C)O[Si](C)(C)C(C)(C)C)c(C)c1Cl. The highest BCUT2D eigenvalue weighted by molar-refractivity contribution is 14.1. The van der Waals surface area contributed by atoms with Crippen molar-refractivity contribution in [1.82, 2.24) is 21.7 Å². The zero-order chi connectivity index (χ0) is 57.1. The number of carbonyl (C=O) groups excluding carboxylic acids is 4. The van der Waals surface area contributed by atoms with Crippen molar-refractivity contribution in [2.24, 2.45) is 0 Å². The summed E-state index contributed by atoms with van der Waals surface area (Å²) in [4.78, 5) is 57.2. The Morgan fingerprint density at radius 1 is 0.671 bits per heavy atom. The lowest BCUT2D eigenvalue weighted by Crippen LogP contribution is -2.55. The minimum Gasteiger partial charge on any atom is -0.412 e. The molecule has 4 aromatic carbocycles. The number of carbonyl (C=O) groups is 4. The molecular weight excluding hydrogens is 1260 g/mol. The highest BCUT2D eigenvalue weighted by Crippen LogP contribution is 2.40. The van der Waals surface area contributed by atoms with Crippen molar-refractivity contribution >= 4 is 142 Å². The molecule has 0 aliphatic rings. The number of anilines is 2. The molecule has 0 aliphatic heterocycles. The van der Waals surface area contributed by atoms with E-state index in [0.29, 0.717) is 55.1 Å². The van der Waals surface area contributed by atoms with Gasteiger partial charge in [0, 0.05) is 29.6 Å². The van der Waals surface area contributed by atoms with Gasteiger partial charge in [-0.2, -0.15) is 11.1 Å². The second-order valence-corrected chi connectivity index (χ2v) is 34.8. The molecule has 0 heterocycles. The maximum absolute atomic E-state index is 13.3. The highest BCUT2D eigenvalue weighted by Gasteiger charge is 2.41. The van der Waals surface area contributed by atoms with Crippen molar-refractivity contribution < 1.29 is 34.5 Å². The summed E-state index contributed by atoms with van der Waals surface area (Å²) in [5.41, 5.74) is 13.4. The van der Waals surface area contributed by atoms with E-state index in [1.54, 1.807) is 68.4 Å². The number of aliphatic hydroxyl groups is 1. The van der Waals surface area contributed by atoms with Crippen LogP contribution in [-0.2, 0) is 14.0 Å². The van der Waals surface area contributed by atoms with Crippen LogP contribution in [0.3, 0.4) is 0 Å². The Bertz CT molecular complexity index is 2610. The number of hydrogen-bond acceptors (Lipinski definition) is 8. The molecule has 0 aliphatic carbocycles. The number of nitrogens with zero attached hydrogens (tertiary/aromatic N) is 2. The molecule has 7 N–H and O–H groups in total. The van der Waals surface area contributed by atoms with Crippen LogP contribution in [0.4, 0.5) is 27.1 Å². The van der Waals surface area contributed by atoms with E-state index < -0.39 is 70.8 Å². The van der Waals surface area contributed by atoms with Gasteiger partial charge in [-0.15, -0.1) is 0 Å². The number of amides is 4. The van der Waals surface area contributed by atoms with Crippen molar-refractivity contribution in [2.75, 3.05) is 17.8 Å². The van der Waals surface area contributed by atoms with Gasteiger partial charge in [-0.1, -0.05) is 90.0 Å². The molecule has 22 heteroatoms. The summed E-state index contributed by atoms with van der Waals surface area (Å²) in [6, 6.07) is 18.4. The summed E-state index contributed by atoms with van der Waals surface area (Å²) in [7, 11) is -4.60. The Morgan fingerprint density at radius 2 is 1.00 bits per heavy atom. The number of nitrogens with one attached hydrogen (secondary N) is 6. The zero-order valence-corrected chi connectivity index (χ0v) is 52.2. The first kappa shape index (κ1) is 65.1. The molecule has 0 saturated carbocycles. The summed E-state index contributed by atoms with van der Waals surface area (Å²) in [5.74, 6) is -1.99. The Labute approximate surface area is 476 Å². The summed E-state index contributed by atoms with van der Waals surface area (Å²) in [6.45, 7) is 42.7. The minimum absolute atomic E-state index is 0.0577. The monoisotopic (exact) mass is 1320 g/mol. The van der Waals surface area contributed by atoms with Gasteiger partial charge in [-0.3, -0.25) is 45.3 Å². The van der Waals surface area contributed by atoms with E-state index in [-0.39, 0.29) is 10.1 Å². The minimum atomic E-state index is -2.21. The molecule has 0 spiro atoms. The van der Waals surface area contributed by atoms with Crippen LogP contribution in [-0.4, -0.2) is 75.9 Å². The zero-order valence-electron chi connectivity index (χ0n) is 44.6. The number of aliphatic hydroxyl groups excluding tert-OH is 1. The van der Waals surface area contributed by atoms with Crippen LogP contribution in [0.2, 0.25) is 46.3 Å². The average molecular weight is 1330 g/mol. The van der Waals surface area contributed by atoms with E-state index in [1.165, 1.54) is 13.0 Å². The second kappa shape index (κ2) is 29.9. The molecule has 0 unspecified atom stereocenters. The maximum atomic E-state index is 13.3. The molecule has 398 valence electrons. The molecule has 0 fully saturated rings. The molecule has 4 atom stereocenters. The van der Waals surface area contributed by atoms with E-state index in [2.05, 4.69) is 155 Å². The summed E-state index contributed by atoms with van der Waals surface area (Å²) in [5, 5.41) is 17.0. The third-order valence-electron chi connectivity index (χ3n) is 12.0. The van der Waals surface area contributed by atoms with E-state index >= 15 is 0 Å². The normalized spacial score (nSPS) is 13.0. The first-order chi connectivity index (χ1) is 34.1. The lowest BCUT2D eigenvalue weighted by atomic mass is 10.1. The van der Waals surface area contributed by atoms with Crippen molar-refractivity contribution in [2.45, 2.75) is 130 Å². The Hall–Kier alpha value is -4.05. The van der Waals surface area contributed by atoms with Gasteiger partial charge in [0.2, 0.25) is 11.4 Å². The fraction of sp³-hybridized carbons (Fsp3) is 0.412. The molecule has 0 radical (unpaired) electrons. The van der Waals surface area contributed by atoms with Gasteiger partial charge in [-0.25, -0.2) is 9.69 Å². The molecule has 4 amide bonds. The van der Waals surface area contributed by atoms with Crippen LogP contribution in [0.1, 0.15) is 88.6 Å². The van der Waals surface area contributed by atoms with Gasteiger partial charge in [0.1, 0.15) is 12.1 Å². The fourth-order valence-electron chi connectivity index (χ4n) is 5.41. The predicted octanol–water partition coefficient (Wildman–Crippen LogP) is 13.7. The molecule has 14 nitrogen and oxygen atoms in total. The molecule has 0 aromatic heterocycles. The van der Waals surface area contributed by atoms with Gasteiger partial charge in [0.15, 0.2) is 15.7 Å². The van der Waals surface area contributed by atoms with Crippen LogP contribution in [0.5, 0.6) is 0 Å². The lowest BCUT2D eigenvalue weighted by Gasteiger charge is -2.40. The van der Waals surface area contributed by atoms with Crippen molar-refractivity contribution in [3.05, 3.63) is 135 Å².